The highest BCUT2D eigenvalue weighted by atomic mass is 32.2. The summed E-state index contributed by atoms with van der Waals surface area (Å²) in [6, 6.07) is 12.6. The lowest BCUT2D eigenvalue weighted by atomic mass is 10.1. The van der Waals surface area contributed by atoms with Gasteiger partial charge in [-0.1, -0.05) is 24.3 Å². The smallest absolute Gasteiger partial charge is 0.238 e. The van der Waals surface area contributed by atoms with E-state index in [1.807, 2.05) is 30.5 Å². The number of primary sulfonamides is 1. The highest BCUT2D eigenvalue weighted by Crippen LogP contribution is 2.21. The van der Waals surface area contributed by atoms with E-state index in [-0.39, 0.29) is 10.8 Å². The first kappa shape index (κ1) is 17.2. The van der Waals surface area contributed by atoms with Crippen LogP contribution in [0.1, 0.15) is 17.5 Å². The number of sulfonamides is 1. The molecule has 130 valence electrons. The van der Waals surface area contributed by atoms with Crippen LogP contribution in [0.5, 0.6) is 0 Å². The van der Waals surface area contributed by atoms with Gasteiger partial charge in [-0.25, -0.2) is 13.6 Å². The normalized spacial score (nSPS) is 11.6. The molecule has 1 heterocycles. The van der Waals surface area contributed by atoms with E-state index in [9.17, 15) is 13.2 Å². The van der Waals surface area contributed by atoms with Crippen LogP contribution < -0.4 is 10.5 Å². The number of hydrogen-bond donors (Lipinski definition) is 3. The van der Waals surface area contributed by atoms with Crippen molar-refractivity contribution in [3.05, 3.63) is 59.8 Å². The Morgan fingerprint density at radius 3 is 2.72 bits per heavy atom. The number of nitrogens with one attached hydrogen (secondary N) is 2. The van der Waals surface area contributed by atoms with Crippen LogP contribution in [0.3, 0.4) is 0 Å². The third-order valence-electron chi connectivity index (χ3n) is 4.07. The van der Waals surface area contributed by atoms with Gasteiger partial charge in [-0.2, -0.15) is 0 Å². The number of fused-ring (bicyclic) bond motifs is 1. The van der Waals surface area contributed by atoms with Gasteiger partial charge in [-0.15, -0.1) is 0 Å². The summed E-state index contributed by atoms with van der Waals surface area (Å²) in [5, 5.41) is 9.01. The molecule has 0 aliphatic carbocycles. The number of H-pyrrole nitrogens is 1. The molecule has 0 saturated carbocycles. The molecule has 1 amide bonds. The molecule has 0 unspecified atom stereocenters. The summed E-state index contributed by atoms with van der Waals surface area (Å²) in [6.45, 7) is 1.66. The fraction of sp³-hybridized carbons (Fsp3) is 0.167. The molecule has 1 aromatic heterocycles. The van der Waals surface area contributed by atoms with Gasteiger partial charge in [0, 0.05) is 29.2 Å². The minimum Gasteiger partial charge on any atom is -0.361 e. The molecule has 0 radical (unpaired) electrons. The number of aromatic nitrogens is 1. The average molecular weight is 357 g/mol. The Hall–Kier alpha value is -2.64. The maximum absolute atomic E-state index is 12.2. The van der Waals surface area contributed by atoms with Crippen molar-refractivity contribution in [2.24, 2.45) is 5.14 Å². The predicted molar refractivity (Wildman–Crippen MR) is 97.8 cm³/mol. The lowest BCUT2D eigenvalue weighted by Crippen LogP contribution is -2.16. The first-order chi connectivity index (χ1) is 11.8. The second-order valence-electron chi connectivity index (χ2n) is 5.93. The third kappa shape index (κ3) is 3.89. The Labute approximate surface area is 146 Å². The van der Waals surface area contributed by atoms with E-state index in [1.54, 1.807) is 19.1 Å². The molecule has 4 N–H and O–H groups in total. The number of nitrogens with two attached hydrogens (primary N) is 1. The first-order valence-corrected chi connectivity index (χ1v) is 9.37. The van der Waals surface area contributed by atoms with E-state index in [0.717, 1.165) is 16.5 Å². The zero-order valence-corrected chi connectivity index (χ0v) is 14.6. The van der Waals surface area contributed by atoms with Gasteiger partial charge >= 0.3 is 0 Å². The fourth-order valence-electron chi connectivity index (χ4n) is 2.79. The molecule has 6 nitrogen and oxygen atoms in total. The standard InChI is InChI=1S/C18H19N3O3S/c1-12-6-8-14(10-17(12)25(19,23)24)21-18(22)9-7-13-11-20-16-5-3-2-4-15(13)16/h2-6,8,10-11,20H,7,9H2,1H3,(H,21,22)(H2,19,23,24). The van der Waals surface area contributed by atoms with Crippen LogP contribution in [0.2, 0.25) is 0 Å². The monoisotopic (exact) mass is 357 g/mol. The van der Waals surface area contributed by atoms with Crippen LogP contribution in [0.25, 0.3) is 10.9 Å². The van der Waals surface area contributed by atoms with Crippen LogP contribution in [-0.4, -0.2) is 19.3 Å². The molecule has 0 aliphatic rings. The van der Waals surface area contributed by atoms with Crippen LogP contribution >= 0.6 is 0 Å². The highest BCUT2D eigenvalue weighted by Gasteiger charge is 2.13. The molecule has 2 aromatic carbocycles. The molecule has 0 fully saturated rings. The third-order valence-corrected chi connectivity index (χ3v) is 5.13. The molecule has 0 spiro atoms. The molecule has 7 heteroatoms. The Morgan fingerprint density at radius 1 is 1.20 bits per heavy atom. The highest BCUT2D eigenvalue weighted by molar-refractivity contribution is 7.89. The molecule has 0 saturated heterocycles. The zero-order valence-electron chi connectivity index (χ0n) is 13.7. The minimum atomic E-state index is -3.82. The van der Waals surface area contributed by atoms with E-state index in [0.29, 0.717) is 24.1 Å². The van der Waals surface area contributed by atoms with E-state index in [4.69, 9.17) is 5.14 Å². The van der Waals surface area contributed by atoms with Crippen LogP contribution in [0.4, 0.5) is 5.69 Å². The SMILES string of the molecule is Cc1ccc(NC(=O)CCc2c[nH]c3ccccc23)cc1S(N)(=O)=O. The van der Waals surface area contributed by atoms with Crippen LogP contribution in [-0.2, 0) is 21.2 Å². The first-order valence-electron chi connectivity index (χ1n) is 7.83. The van der Waals surface area contributed by atoms with Gasteiger partial charge < -0.3 is 10.3 Å². The van der Waals surface area contributed by atoms with Crippen molar-refractivity contribution in [1.82, 2.24) is 4.98 Å². The maximum atomic E-state index is 12.2. The molecular weight excluding hydrogens is 338 g/mol. The van der Waals surface area contributed by atoms with Gasteiger partial charge in [0.25, 0.3) is 0 Å². The van der Waals surface area contributed by atoms with Crippen molar-refractivity contribution in [3.63, 3.8) is 0 Å². The van der Waals surface area contributed by atoms with Crippen molar-refractivity contribution in [2.45, 2.75) is 24.7 Å². The van der Waals surface area contributed by atoms with E-state index in [1.165, 1.54) is 6.07 Å². The van der Waals surface area contributed by atoms with Gasteiger partial charge in [0.15, 0.2) is 0 Å². The molecule has 0 bridgehead atoms. The Bertz CT molecular complexity index is 1040. The van der Waals surface area contributed by atoms with Gasteiger partial charge in [-0.3, -0.25) is 4.79 Å². The Kier molecular flexibility index (Phi) is 4.61. The molecule has 0 aliphatic heterocycles. The van der Waals surface area contributed by atoms with Crippen molar-refractivity contribution in [2.75, 3.05) is 5.32 Å². The fourth-order valence-corrected chi connectivity index (χ4v) is 3.60. The quantitative estimate of drug-likeness (QED) is 0.654. The topological polar surface area (TPSA) is 105 Å². The summed E-state index contributed by atoms with van der Waals surface area (Å²) in [4.78, 5) is 15.4. The largest absolute Gasteiger partial charge is 0.361 e. The molecule has 0 atom stereocenters. The maximum Gasteiger partial charge on any atom is 0.238 e. The number of anilines is 1. The van der Waals surface area contributed by atoms with Gasteiger partial charge in [0.2, 0.25) is 15.9 Å². The van der Waals surface area contributed by atoms with Crippen LogP contribution in [0, 0.1) is 6.92 Å². The number of hydrogen-bond acceptors (Lipinski definition) is 3. The number of aryl methyl sites for hydroxylation is 2. The summed E-state index contributed by atoms with van der Waals surface area (Å²) < 4.78 is 23.1. The molecular formula is C18H19N3O3S. The van der Waals surface area contributed by atoms with Crippen molar-refractivity contribution in [3.8, 4) is 0 Å². The lowest BCUT2D eigenvalue weighted by molar-refractivity contribution is -0.116. The Balaban J connectivity index is 1.69. The van der Waals surface area contributed by atoms with E-state index < -0.39 is 10.0 Å². The number of benzene rings is 2. The Morgan fingerprint density at radius 2 is 1.96 bits per heavy atom. The van der Waals surface area contributed by atoms with Crippen molar-refractivity contribution < 1.29 is 13.2 Å². The predicted octanol–water partition coefficient (Wildman–Crippen LogP) is 2.70. The van der Waals surface area contributed by atoms with Gasteiger partial charge in [0.05, 0.1) is 4.90 Å². The van der Waals surface area contributed by atoms with Crippen LogP contribution in [0.15, 0.2) is 53.6 Å². The second-order valence-corrected chi connectivity index (χ2v) is 7.46. The summed E-state index contributed by atoms with van der Waals surface area (Å²) in [7, 11) is -3.82. The molecule has 25 heavy (non-hydrogen) atoms. The van der Waals surface area contributed by atoms with E-state index in [2.05, 4.69) is 10.3 Å². The number of carbonyl (C=O) groups excluding carboxylic acids is 1. The van der Waals surface area contributed by atoms with E-state index >= 15 is 0 Å². The van der Waals surface area contributed by atoms with Crippen molar-refractivity contribution >= 4 is 32.5 Å². The molecule has 3 aromatic rings. The van der Waals surface area contributed by atoms with Crippen molar-refractivity contribution in [1.29, 1.82) is 0 Å². The minimum absolute atomic E-state index is 0.0157. The summed E-state index contributed by atoms with van der Waals surface area (Å²) >= 11 is 0. The average Bonchev–Trinajstić information content (AvgIpc) is 2.97. The second kappa shape index (κ2) is 6.70. The summed E-state index contributed by atoms with van der Waals surface area (Å²) in [5.74, 6) is -0.186. The van der Waals surface area contributed by atoms with Gasteiger partial charge in [-0.05, 0) is 42.7 Å². The summed E-state index contributed by atoms with van der Waals surface area (Å²) in [5.41, 5.74) is 3.06. The number of amides is 1. The zero-order chi connectivity index (χ0) is 18.0. The number of rotatable bonds is 5. The number of para-hydroxylation sites is 1. The lowest BCUT2D eigenvalue weighted by Gasteiger charge is -2.09. The summed E-state index contributed by atoms with van der Waals surface area (Å²) in [6.07, 6.45) is 2.78. The number of aromatic amines is 1. The van der Waals surface area contributed by atoms with Gasteiger partial charge in [0.1, 0.15) is 0 Å². The molecule has 3 rings (SSSR count). The number of carbonyl (C=O) groups is 1.